The number of pyridine rings is 1. The van der Waals surface area contributed by atoms with Crippen LogP contribution in [-0.4, -0.2) is 15.9 Å². The molecule has 7 heteroatoms. The van der Waals surface area contributed by atoms with Gasteiger partial charge in [0.05, 0.1) is 19.4 Å². The van der Waals surface area contributed by atoms with Crippen LogP contribution in [0.1, 0.15) is 23.8 Å². The molecular weight excluding hydrogens is 397 g/mol. The lowest BCUT2D eigenvalue weighted by Crippen LogP contribution is -2.35. The van der Waals surface area contributed by atoms with Crippen LogP contribution >= 0.6 is 0 Å². The van der Waals surface area contributed by atoms with E-state index in [0.29, 0.717) is 17.0 Å². The van der Waals surface area contributed by atoms with Crippen LogP contribution in [0.25, 0.3) is 10.9 Å². The number of anilines is 1. The summed E-state index contributed by atoms with van der Waals surface area (Å²) in [4.78, 5) is 30.0. The van der Waals surface area contributed by atoms with Crippen molar-refractivity contribution in [1.82, 2.24) is 9.88 Å². The van der Waals surface area contributed by atoms with Crippen LogP contribution in [0.3, 0.4) is 0 Å². The van der Waals surface area contributed by atoms with Crippen molar-refractivity contribution in [2.24, 2.45) is 0 Å². The second kappa shape index (κ2) is 8.87. The first-order chi connectivity index (χ1) is 15.0. The zero-order valence-corrected chi connectivity index (χ0v) is 17.0. The molecule has 2 amide bonds. The molecule has 158 valence electrons. The molecule has 0 aliphatic rings. The maximum atomic E-state index is 13.2. The van der Waals surface area contributed by atoms with Crippen LogP contribution in [0.4, 0.5) is 14.9 Å². The summed E-state index contributed by atoms with van der Waals surface area (Å²) in [5.74, 6) is 0.194. The highest BCUT2D eigenvalue weighted by Crippen LogP contribution is 2.17. The number of rotatable bonds is 6. The third-order valence-corrected chi connectivity index (χ3v) is 5.06. The number of hydrogen-bond donors (Lipinski definition) is 2. The number of nitrogens with zero attached hydrogens (tertiary/aromatic N) is 1. The Balaban J connectivity index is 1.63. The molecule has 31 heavy (non-hydrogen) atoms. The molecule has 4 rings (SSSR count). The number of aromatic amines is 1. The zero-order chi connectivity index (χ0) is 21.8. The Hall–Kier alpha value is -3.87. The molecule has 0 atom stereocenters. The number of nitrogens with one attached hydrogen (secondary N) is 2. The highest BCUT2D eigenvalue weighted by Gasteiger charge is 2.18. The van der Waals surface area contributed by atoms with E-state index in [4.69, 9.17) is 4.42 Å². The fraction of sp³-hybridized carbons (Fsp3) is 0.167. The van der Waals surface area contributed by atoms with Gasteiger partial charge in [0.2, 0.25) is 0 Å². The summed E-state index contributed by atoms with van der Waals surface area (Å²) in [7, 11) is 0. The van der Waals surface area contributed by atoms with Crippen LogP contribution < -0.4 is 10.9 Å². The Kier molecular flexibility index (Phi) is 5.84. The molecule has 6 nitrogen and oxygen atoms in total. The molecule has 2 aromatic carbocycles. The normalized spacial score (nSPS) is 10.9. The Morgan fingerprint density at radius 2 is 1.90 bits per heavy atom. The molecule has 0 saturated carbocycles. The van der Waals surface area contributed by atoms with Crippen molar-refractivity contribution in [1.29, 1.82) is 0 Å². The fourth-order valence-corrected chi connectivity index (χ4v) is 3.37. The molecule has 2 N–H and O–H groups in total. The quantitative estimate of drug-likeness (QED) is 0.459. The van der Waals surface area contributed by atoms with Crippen LogP contribution in [-0.2, 0) is 19.5 Å². The lowest BCUT2D eigenvalue weighted by Gasteiger charge is -2.22. The number of urea groups is 1. The van der Waals surface area contributed by atoms with Crippen molar-refractivity contribution in [3.8, 4) is 0 Å². The summed E-state index contributed by atoms with van der Waals surface area (Å²) < 4.78 is 18.6. The van der Waals surface area contributed by atoms with Gasteiger partial charge >= 0.3 is 6.03 Å². The van der Waals surface area contributed by atoms with Gasteiger partial charge in [-0.3, -0.25) is 4.79 Å². The van der Waals surface area contributed by atoms with E-state index in [9.17, 15) is 14.0 Å². The predicted molar refractivity (Wildman–Crippen MR) is 117 cm³/mol. The summed E-state index contributed by atoms with van der Waals surface area (Å²) in [5.41, 5.74) is 2.57. The van der Waals surface area contributed by atoms with Gasteiger partial charge in [0.1, 0.15) is 11.6 Å². The van der Waals surface area contributed by atoms with Crippen LogP contribution in [0.5, 0.6) is 0 Å². The van der Waals surface area contributed by atoms with E-state index >= 15 is 0 Å². The van der Waals surface area contributed by atoms with Gasteiger partial charge in [-0.25, -0.2) is 9.18 Å². The first-order valence-electron chi connectivity index (χ1n) is 10.0. The predicted octanol–water partition coefficient (Wildman–Crippen LogP) is 5.06. The molecule has 0 radical (unpaired) electrons. The monoisotopic (exact) mass is 419 g/mol. The van der Waals surface area contributed by atoms with Gasteiger partial charge in [0, 0.05) is 16.8 Å². The number of amides is 2. The maximum Gasteiger partial charge on any atom is 0.322 e. The van der Waals surface area contributed by atoms with E-state index < -0.39 is 6.03 Å². The molecule has 2 aromatic heterocycles. The molecule has 0 saturated heterocycles. The second-order valence-corrected chi connectivity index (χ2v) is 7.27. The molecule has 0 spiro atoms. The number of carbonyl (C=O) groups is 1. The number of carbonyl (C=O) groups excluding carboxylic acids is 1. The van der Waals surface area contributed by atoms with E-state index in [2.05, 4.69) is 17.2 Å². The van der Waals surface area contributed by atoms with Crippen LogP contribution in [0.15, 0.2) is 76.1 Å². The van der Waals surface area contributed by atoms with E-state index in [-0.39, 0.29) is 24.5 Å². The summed E-state index contributed by atoms with van der Waals surface area (Å²) in [6.45, 7) is 2.32. The number of hydrogen-bond acceptors (Lipinski definition) is 3. The number of H-pyrrole nitrogens is 1. The summed E-state index contributed by atoms with van der Waals surface area (Å²) in [5, 5.41) is 3.65. The molecule has 0 unspecified atom stereocenters. The summed E-state index contributed by atoms with van der Waals surface area (Å²) in [6, 6.07) is 16.3. The minimum Gasteiger partial charge on any atom is -0.467 e. The summed E-state index contributed by atoms with van der Waals surface area (Å²) >= 11 is 0. The fourth-order valence-electron chi connectivity index (χ4n) is 3.37. The largest absolute Gasteiger partial charge is 0.467 e. The number of halogens is 1. The van der Waals surface area contributed by atoms with Gasteiger partial charge in [-0.15, -0.1) is 0 Å². The van der Waals surface area contributed by atoms with E-state index in [1.165, 1.54) is 35.4 Å². The molecule has 0 aliphatic heterocycles. The van der Waals surface area contributed by atoms with E-state index in [1.807, 2.05) is 24.3 Å². The zero-order valence-electron chi connectivity index (χ0n) is 17.0. The number of benzene rings is 2. The highest BCUT2D eigenvalue weighted by molar-refractivity contribution is 5.89. The van der Waals surface area contributed by atoms with Crippen molar-refractivity contribution in [2.45, 2.75) is 26.4 Å². The lowest BCUT2D eigenvalue weighted by atomic mass is 10.1. The van der Waals surface area contributed by atoms with Crippen molar-refractivity contribution >= 4 is 22.6 Å². The Bertz CT molecular complexity index is 1250. The summed E-state index contributed by atoms with van der Waals surface area (Å²) in [6.07, 6.45) is 2.41. The van der Waals surface area contributed by atoms with Gasteiger partial charge in [-0.2, -0.15) is 0 Å². The van der Waals surface area contributed by atoms with Gasteiger partial charge in [0.25, 0.3) is 5.56 Å². The Morgan fingerprint density at radius 3 is 2.61 bits per heavy atom. The minimum atomic E-state index is -0.426. The van der Waals surface area contributed by atoms with E-state index in [0.717, 1.165) is 22.9 Å². The molecule has 2 heterocycles. The van der Waals surface area contributed by atoms with Gasteiger partial charge < -0.3 is 19.6 Å². The maximum absolute atomic E-state index is 13.2. The number of furan rings is 1. The minimum absolute atomic E-state index is 0.0787. The van der Waals surface area contributed by atoms with Crippen molar-refractivity contribution in [2.75, 3.05) is 5.32 Å². The molecular formula is C24H22FN3O3. The Labute approximate surface area is 178 Å². The number of aryl methyl sites for hydroxylation is 1. The lowest BCUT2D eigenvalue weighted by molar-refractivity contribution is 0.201. The Morgan fingerprint density at radius 1 is 1.10 bits per heavy atom. The SMILES string of the molecule is CCc1ccc2[nH]c(=O)c(CN(Cc3ccco3)C(=O)Nc3ccc(F)cc3)cc2c1. The first-order valence-corrected chi connectivity index (χ1v) is 10.0. The topological polar surface area (TPSA) is 78.3 Å². The van der Waals surface area contributed by atoms with Gasteiger partial charge in [-0.05, 0) is 72.0 Å². The molecule has 0 aliphatic carbocycles. The highest BCUT2D eigenvalue weighted by atomic mass is 19.1. The average molecular weight is 419 g/mol. The second-order valence-electron chi connectivity index (χ2n) is 7.27. The molecule has 0 fully saturated rings. The first kappa shape index (κ1) is 20.4. The number of fused-ring (bicyclic) bond motifs is 1. The third-order valence-electron chi connectivity index (χ3n) is 5.06. The smallest absolute Gasteiger partial charge is 0.322 e. The standard InChI is InChI=1S/C24H22FN3O3/c1-2-16-5-10-22-17(12-16)13-18(23(29)27-22)14-28(15-21-4-3-11-31-21)24(30)26-20-8-6-19(25)7-9-20/h3-13H,2,14-15H2,1H3,(H,26,30)(H,27,29). The molecule has 4 aromatic rings. The van der Waals surface area contributed by atoms with E-state index in [1.54, 1.807) is 12.1 Å². The van der Waals surface area contributed by atoms with Gasteiger partial charge in [-0.1, -0.05) is 13.0 Å². The van der Waals surface area contributed by atoms with Crippen LogP contribution in [0.2, 0.25) is 0 Å². The van der Waals surface area contributed by atoms with Gasteiger partial charge in [0.15, 0.2) is 0 Å². The average Bonchev–Trinajstić information content (AvgIpc) is 3.28. The van der Waals surface area contributed by atoms with Crippen molar-refractivity contribution in [3.63, 3.8) is 0 Å². The van der Waals surface area contributed by atoms with Crippen LogP contribution in [0, 0.1) is 5.82 Å². The van der Waals surface area contributed by atoms with Crippen molar-refractivity contribution < 1.29 is 13.6 Å². The third kappa shape index (κ3) is 4.83. The number of aromatic nitrogens is 1. The molecule has 0 bridgehead atoms. The van der Waals surface area contributed by atoms with Crippen molar-refractivity contribution in [3.05, 3.63) is 100.0 Å².